The molecule has 0 fully saturated rings. The number of hydrogen-bond acceptors (Lipinski definition) is 3. The highest BCUT2D eigenvalue weighted by atomic mass is 16.5. The lowest BCUT2D eigenvalue weighted by atomic mass is 9.69. The van der Waals surface area contributed by atoms with Gasteiger partial charge in [-0.2, -0.15) is 0 Å². The molecule has 18 heavy (non-hydrogen) atoms. The second-order valence-electron chi connectivity index (χ2n) is 5.87. The standard InChI is InChI=1S/C15H22O3/c1-14(2,10-16)15(3,4)11-18-13(17)12-8-6-5-7-9-12/h5-9,16H,10-11H2,1-4H3. The molecule has 3 heteroatoms. The Morgan fingerprint density at radius 1 is 1.11 bits per heavy atom. The topological polar surface area (TPSA) is 46.5 Å². The quantitative estimate of drug-likeness (QED) is 0.817. The van der Waals surface area contributed by atoms with Crippen molar-refractivity contribution in [2.75, 3.05) is 13.2 Å². The number of aliphatic hydroxyl groups is 1. The van der Waals surface area contributed by atoms with Crippen molar-refractivity contribution in [1.29, 1.82) is 0 Å². The second-order valence-corrected chi connectivity index (χ2v) is 5.87. The van der Waals surface area contributed by atoms with Crippen molar-refractivity contribution in [1.82, 2.24) is 0 Å². The van der Waals surface area contributed by atoms with Gasteiger partial charge in [0.1, 0.15) is 0 Å². The van der Waals surface area contributed by atoms with Crippen LogP contribution in [0.5, 0.6) is 0 Å². The van der Waals surface area contributed by atoms with E-state index in [0.29, 0.717) is 5.56 Å². The molecule has 1 aromatic carbocycles. The van der Waals surface area contributed by atoms with E-state index >= 15 is 0 Å². The van der Waals surface area contributed by atoms with E-state index in [0.717, 1.165) is 0 Å². The maximum Gasteiger partial charge on any atom is 0.338 e. The van der Waals surface area contributed by atoms with Crippen molar-refractivity contribution in [3.63, 3.8) is 0 Å². The van der Waals surface area contributed by atoms with Gasteiger partial charge in [-0.15, -0.1) is 0 Å². The van der Waals surface area contributed by atoms with E-state index in [-0.39, 0.29) is 30.0 Å². The molecule has 0 atom stereocenters. The first-order chi connectivity index (χ1) is 8.30. The summed E-state index contributed by atoms with van der Waals surface area (Å²) in [7, 11) is 0. The maximum atomic E-state index is 11.8. The highest BCUT2D eigenvalue weighted by Crippen LogP contribution is 2.38. The molecule has 0 heterocycles. The summed E-state index contributed by atoms with van der Waals surface area (Å²) in [4.78, 5) is 11.8. The third kappa shape index (κ3) is 3.33. The molecule has 100 valence electrons. The van der Waals surface area contributed by atoms with E-state index in [9.17, 15) is 9.90 Å². The summed E-state index contributed by atoms with van der Waals surface area (Å²) in [6, 6.07) is 8.92. The summed E-state index contributed by atoms with van der Waals surface area (Å²) in [5.41, 5.74) is -0.0361. The number of aliphatic hydroxyl groups excluding tert-OH is 1. The molecule has 0 aliphatic heterocycles. The predicted octanol–water partition coefficient (Wildman–Crippen LogP) is 2.89. The molecule has 0 spiro atoms. The van der Waals surface area contributed by atoms with Crippen LogP contribution in [-0.2, 0) is 4.74 Å². The molecule has 3 nitrogen and oxygen atoms in total. The number of carbonyl (C=O) groups is 1. The second kappa shape index (κ2) is 5.53. The summed E-state index contributed by atoms with van der Waals surface area (Å²) < 4.78 is 5.33. The molecular formula is C15H22O3. The lowest BCUT2D eigenvalue weighted by Crippen LogP contribution is -2.39. The van der Waals surface area contributed by atoms with Crippen LogP contribution >= 0.6 is 0 Å². The van der Waals surface area contributed by atoms with Crippen molar-refractivity contribution in [2.45, 2.75) is 27.7 Å². The van der Waals surface area contributed by atoms with Crippen molar-refractivity contribution >= 4 is 5.97 Å². The molecule has 0 aliphatic rings. The summed E-state index contributed by atoms with van der Waals surface area (Å²) >= 11 is 0. The molecule has 0 amide bonds. The number of ether oxygens (including phenoxy) is 1. The van der Waals surface area contributed by atoms with Crippen LogP contribution in [0, 0.1) is 10.8 Å². The van der Waals surface area contributed by atoms with Gasteiger partial charge in [0.25, 0.3) is 0 Å². The van der Waals surface area contributed by atoms with Gasteiger partial charge in [0.15, 0.2) is 0 Å². The van der Waals surface area contributed by atoms with Crippen LogP contribution < -0.4 is 0 Å². The molecule has 0 radical (unpaired) electrons. The van der Waals surface area contributed by atoms with Gasteiger partial charge >= 0.3 is 5.97 Å². The third-order valence-corrected chi connectivity index (χ3v) is 3.80. The van der Waals surface area contributed by atoms with Gasteiger partial charge in [0.2, 0.25) is 0 Å². The van der Waals surface area contributed by atoms with Crippen LogP contribution in [0.2, 0.25) is 0 Å². The Morgan fingerprint density at radius 2 is 1.67 bits per heavy atom. The SMILES string of the molecule is CC(C)(CO)C(C)(C)COC(=O)c1ccccc1. The Kier molecular flexibility index (Phi) is 4.52. The monoisotopic (exact) mass is 250 g/mol. The highest BCUT2D eigenvalue weighted by Gasteiger charge is 2.37. The van der Waals surface area contributed by atoms with Crippen molar-refractivity contribution in [3.8, 4) is 0 Å². The van der Waals surface area contributed by atoms with Crippen LogP contribution in [0.4, 0.5) is 0 Å². The minimum absolute atomic E-state index is 0.0584. The van der Waals surface area contributed by atoms with Crippen molar-refractivity contribution < 1.29 is 14.6 Å². The number of rotatable bonds is 5. The fraction of sp³-hybridized carbons (Fsp3) is 0.533. The van der Waals surface area contributed by atoms with Gasteiger partial charge in [-0.05, 0) is 17.5 Å². The van der Waals surface area contributed by atoms with Crippen LogP contribution in [0.3, 0.4) is 0 Å². The van der Waals surface area contributed by atoms with Gasteiger partial charge in [0.05, 0.1) is 12.2 Å². The average molecular weight is 250 g/mol. The Morgan fingerprint density at radius 3 is 2.17 bits per heavy atom. The van der Waals surface area contributed by atoms with Crippen LogP contribution in [0.25, 0.3) is 0 Å². The summed E-state index contributed by atoms with van der Waals surface area (Å²) in [5.74, 6) is -0.322. The smallest absolute Gasteiger partial charge is 0.338 e. The molecular weight excluding hydrogens is 228 g/mol. The lowest BCUT2D eigenvalue weighted by Gasteiger charge is -2.39. The first-order valence-electron chi connectivity index (χ1n) is 6.13. The fourth-order valence-electron chi connectivity index (χ4n) is 1.31. The predicted molar refractivity (Wildman–Crippen MR) is 71.4 cm³/mol. The van der Waals surface area contributed by atoms with Crippen LogP contribution in [0.1, 0.15) is 38.1 Å². The Hall–Kier alpha value is -1.35. The zero-order valence-electron chi connectivity index (χ0n) is 11.6. The zero-order valence-corrected chi connectivity index (χ0v) is 11.6. The largest absolute Gasteiger partial charge is 0.462 e. The Labute approximate surface area is 109 Å². The Balaban J connectivity index is 2.64. The molecule has 0 aromatic heterocycles. The van der Waals surface area contributed by atoms with Crippen molar-refractivity contribution in [2.24, 2.45) is 10.8 Å². The van der Waals surface area contributed by atoms with Gasteiger partial charge in [-0.1, -0.05) is 45.9 Å². The molecule has 0 unspecified atom stereocenters. The zero-order chi connectivity index (χ0) is 13.8. The van der Waals surface area contributed by atoms with Crippen LogP contribution in [0.15, 0.2) is 30.3 Å². The summed E-state index contributed by atoms with van der Waals surface area (Å²) in [6.07, 6.45) is 0. The van der Waals surface area contributed by atoms with Crippen LogP contribution in [-0.4, -0.2) is 24.3 Å². The van der Waals surface area contributed by atoms with Gasteiger partial charge in [0, 0.05) is 12.0 Å². The molecule has 0 saturated carbocycles. The first-order valence-corrected chi connectivity index (χ1v) is 6.13. The van der Waals surface area contributed by atoms with E-state index in [2.05, 4.69) is 0 Å². The average Bonchev–Trinajstić information content (AvgIpc) is 2.36. The Bertz CT molecular complexity index is 393. The number of hydrogen-bond donors (Lipinski definition) is 1. The minimum Gasteiger partial charge on any atom is -0.462 e. The van der Waals surface area contributed by atoms with Crippen molar-refractivity contribution in [3.05, 3.63) is 35.9 Å². The van der Waals surface area contributed by atoms with Gasteiger partial charge < -0.3 is 9.84 Å². The molecule has 1 N–H and O–H groups in total. The number of benzene rings is 1. The normalized spacial score (nSPS) is 12.3. The minimum atomic E-state index is -0.322. The number of esters is 1. The van der Waals surface area contributed by atoms with E-state index in [1.54, 1.807) is 24.3 Å². The first kappa shape index (κ1) is 14.7. The molecule has 0 saturated heterocycles. The summed E-state index contributed by atoms with van der Waals surface area (Å²) in [6.45, 7) is 8.24. The van der Waals surface area contributed by atoms with Gasteiger partial charge in [-0.25, -0.2) is 4.79 Å². The maximum absolute atomic E-state index is 11.8. The summed E-state index contributed by atoms with van der Waals surface area (Å²) in [5, 5.41) is 9.37. The van der Waals surface area contributed by atoms with E-state index in [4.69, 9.17) is 4.74 Å². The molecule has 0 bridgehead atoms. The van der Waals surface area contributed by atoms with E-state index in [1.165, 1.54) is 0 Å². The molecule has 1 aromatic rings. The third-order valence-electron chi connectivity index (χ3n) is 3.80. The van der Waals surface area contributed by atoms with Gasteiger partial charge in [-0.3, -0.25) is 0 Å². The number of carbonyl (C=O) groups excluding carboxylic acids is 1. The fourth-order valence-corrected chi connectivity index (χ4v) is 1.31. The highest BCUT2D eigenvalue weighted by molar-refractivity contribution is 5.89. The molecule has 0 aliphatic carbocycles. The lowest BCUT2D eigenvalue weighted by molar-refractivity contribution is -0.0234. The van der Waals surface area contributed by atoms with E-state index < -0.39 is 0 Å². The van der Waals surface area contributed by atoms with E-state index in [1.807, 2.05) is 33.8 Å². The molecule has 1 rings (SSSR count).